The van der Waals surface area contributed by atoms with Gasteiger partial charge in [0.25, 0.3) is 0 Å². The van der Waals surface area contributed by atoms with Gasteiger partial charge in [-0.25, -0.2) is 0 Å². The van der Waals surface area contributed by atoms with Gasteiger partial charge in [-0.1, -0.05) is 46.6 Å². The molecule has 0 saturated carbocycles. The third kappa shape index (κ3) is 4.68. The smallest absolute Gasteiger partial charge is 0.150 e. The van der Waals surface area contributed by atoms with Crippen LogP contribution in [-0.2, 0) is 0 Å². The molecule has 3 N–H and O–H groups in total. The van der Waals surface area contributed by atoms with Gasteiger partial charge in [-0.15, -0.1) is 0 Å². The molecule has 0 bridgehead atoms. The van der Waals surface area contributed by atoms with E-state index in [4.69, 9.17) is 5.73 Å². The van der Waals surface area contributed by atoms with Gasteiger partial charge in [-0.05, 0) is 0 Å². The molecule has 0 aromatic carbocycles. The molecule has 0 rings (SSSR count). The minimum atomic E-state index is -0.0986. The van der Waals surface area contributed by atoms with Gasteiger partial charge in [-0.3, -0.25) is 10.4 Å². The molecule has 0 unspecified atom stereocenters. The summed E-state index contributed by atoms with van der Waals surface area (Å²) in [4.78, 5) is 4.20. The zero-order chi connectivity index (χ0) is 13.6. The normalized spacial score (nSPS) is 13.2. The highest BCUT2D eigenvalue weighted by molar-refractivity contribution is 6.03. The Morgan fingerprint density at radius 3 is 2.18 bits per heavy atom. The third-order valence-electron chi connectivity index (χ3n) is 2.11. The SMILES string of the molecule is C=CC(=C)/C(N)=N\NC(=C)C(=NC)C(C)(C)C. The van der Waals surface area contributed by atoms with Gasteiger partial charge in [0.2, 0.25) is 0 Å². The molecule has 94 valence electrons. The predicted molar refractivity (Wildman–Crippen MR) is 76.0 cm³/mol. The van der Waals surface area contributed by atoms with Crippen LogP contribution in [0.4, 0.5) is 0 Å². The predicted octanol–water partition coefficient (Wildman–Crippen LogP) is 2.22. The van der Waals surface area contributed by atoms with E-state index in [0.29, 0.717) is 11.3 Å². The summed E-state index contributed by atoms with van der Waals surface area (Å²) in [5.74, 6) is 0.283. The van der Waals surface area contributed by atoms with E-state index in [1.54, 1.807) is 13.1 Å². The summed E-state index contributed by atoms with van der Waals surface area (Å²) < 4.78 is 0. The average molecular weight is 234 g/mol. The summed E-state index contributed by atoms with van der Waals surface area (Å²) in [6.07, 6.45) is 1.54. The van der Waals surface area contributed by atoms with Crippen LogP contribution in [0.2, 0.25) is 0 Å². The van der Waals surface area contributed by atoms with Crippen molar-refractivity contribution >= 4 is 11.5 Å². The zero-order valence-electron chi connectivity index (χ0n) is 11.2. The molecule has 0 fully saturated rings. The highest BCUT2D eigenvalue weighted by Crippen LogP contribution is 2.19. The summed E-state index contributed by atoms with van der Waals surface area (Å²) in [7, 11) is 1.73. The Balaban J connectivity index is 4.78. The van der Waals surface area contributed by atoms with Crippen LogP contribution in [0.25, 0.3) is 0 Å². The fourth-order valence-electron chi connectivity index (χ4n) is 1.28. The van der Waals surface area contributed by atoms with Gasteiger partial charge < -0.3 is 5.73 Å². The number of nitrogens with zero attached hydrogens (tertiary/aromatic N) is 2. The highest BCUT2D eigenvalue weighted by Gasteiger charge is 2.20. The molecule has 0 amide bonds. The van der Waals surface area contributed by atoms with Gasteiger partial charge in [0.15, 0.2) is 0 Å². The molecule has 0 aliphatic heterocycles. The van der Waals surface area contributed by atoms with E-state index in [0.717, 1.165) is 5.71 Å². The van der Waals surface area contributed by atoms with Crippen LogP contribution in [0.5, 0.6) is 0 Å². The maximum Gasteiger partial charge on any atom is 0.150 e. The van der Waals surface area contributed by atoms with Gasteiger partial charge >= 0.3 is 0 Å². The molecular weight excluding hydrogens is 212 g/mol. The van der Waals surface area contributed by atoms with E-state index in [-0.39, 0.29) is 11.3 Å². The van der Waals surface area contributed by atoms with E-state index >= 15 is 0 Å². The Bertz CT molecular complexity index is 381. The monoisotopic (exact) mass is 234 g/mol. The first kappa shape index (κ1) is 15.2. The quantitative estimate of drug-likeness (QED) is 0.331. The number of amidine groups is 1. The average Bonchev–Trinajstić information content (AvgIpc) is 2.23. The van der Waals surface area contributed by atoms with Crippen molar-refractivity contribution in [1.82, 2.24) is 5.43 Å². The summed E-state index contributed by atoms with van der Waals surface area (Å²) in [5, 5.41) is 3.97. The number of hydrogen-bond acceptors (Lipinski definition) is 3. The van der Waals surface area contributed by atoms with E-state index in [9.17, 15) is 0 Å². The number of nitrogens with one attached hydrogen (secondary N) is 1. The zero-order valence-corrected chi connectivity index (χ0v) is 11.2. The maximum atomic E-state index is 5.66. The molecule has 4 heteroatoms. The largest absolute Gasteiger partial charge is 0.382 e. The Morgan fingerprint density at radius 2 is 1.82 bits per heavy atom. The second-order valence-corrected chi connectivity index (χ2v) is 4.64. The Labute approximate surface area is 104 Å². The van der Waals surface area contributed by atoms with Crippen molar-refractivity contribution in [2.24, 2.45) is 21.2 Å². The lowest BCUT2D eigenvalue weighted by Gasteiger charge is -2.22. The van der Waals surface area contributed by atoms with Gasteiger partial charge in [0, 0.05) is 18.0 Å². The van der Waals surface area contributed by atoms with Crippen molar-refractivity contribution in [3.8, 4) is 0 Å². The molecule has 17 heavy (non-hydrogen) atoms. The maximum absolute atomic E-state index is 5.66. The van der Waals surface area contributed by atoms with Crippen LogP contribution in [0, 0.1) is 5.41 Å². The lowest BCUT2D eigenvalue weighted by atomic mass is 9.88. The summed E-state index contributed by atoms with van der Waals surface area (Å²) >= 11 is 0. The Hall–Kier alpha value is -1.84. The van der Waals surface area contributed by atoms with Crippen LogP contribution in [0.15, 0.2) is 47.2 Å². The second kappa shape index (κ2) is 6.03. The van der Waals surface area contributed by atoms with Crippen LogP contribution in [0.3, 0.4) is 0 Å². The lowest BCUT2D eigenvalue weighted by molar-refractivity contribution is 0.585. The summed E-state index contributed by atoms with van der Waals surface area (Å²) in [6, 6.07) is 0. The minimum Gasteiger partial charge on any atom is -0.382 e. The molecule has 0 aliphatic carbocycles. The summed E-state index contributed by atoms with van der Waals surface area (Å²) in [6.45, 7) is 17.3. The van der Waals surface area contributed by atoms with Crippen molar-refractivity contribution in [2.45, 2.75) is 20.8 Å². The number of hydrogen-bond donors (Lipinski definition) is 2. The van der Waals surface area contributed by atoms with Crippen molar-refractivity contribution in [3.63, 3.8) is 0 Å². The van der Waals surface area contributed by atoms with Crippen LogP contribution in [0.1, 0.15) is 20.8 Å². The van der Waals surface area contributed by atoms with Gasteiger partial charge in [0.05, 0.1) is 11.4 Å². The Kier molecular flexibility index (Phi) is 5.38. The number of aliphatic imine (C=N–C) groups is 1. The first-order valence-electron chi connectivity index (χ1n) is 5.31. The molecule has 0 spiro atoms. The van der Waals surface area contributed by atoms with E-state index in [1.807, 2.05) is 0 Å². The first-order chi connectivity index (χ1) is 7.73. The van der Waals surface area contributed by atoms with Crippen molar-refractivity contribution in [3.05, 3.63) is 37.1 Å². The number of nitrogens with two attached hydrogens (primary N) is 1. The van der Waals surface area contributed by atoms with Crippen LogP contribution in [-0.4, -0.2) is 18.6 Å². The number of rotatable bonds is 5. The molecule has 0 radical (unpaired) electrons. The molecule has 0 aromatic rings. The highest BCUT2D eigenvalue weighted by atomic mass is 15.3. The van der Waals surface area contributed by atoms with E-state index < -0.39 is 0 Å². The fourth-order valence-corrected chi connectivity index (χ4v) is 1.28. The van der Waals surface area contributed by atoms with Crippen molar-refractivity contribution < 1.29 is 0 Å². The van der Waals surface area contributed by atoms with Crippen LogP contribution < -0.4 is 11.2 Å². The molecule has 4 nitrogen and oxygen atoms in total. The molecule has 0 atom stereocenters. The van der Waals surface area contributed by atoms with Crippen molar-refractivity contribution in [2.75, 3.05) is 7.05 Å². The van der Waals surface area contributed by atoms with Gasteiger partial charge in [0.1, 0.15) is 5.84 Å². The topological polar surface area (TPSA) is 62.8 Å². The molecule has 0 aliphatic rings. The number of hydrazone groups is 1. The van der Waals surface area contributed by atoms with Crippen molar-refractivity contribution in [1.29, 1.82) is 0 Å². The number of allylic oxidation sites excluding steroid dienone is 1. The van der Waals surface area contributed by atoms with Crippen LogP contribution >= 0.6 is 0 Å². The standard InChI is InChI=1S/C13H22N4/c1-8-9(2)12(14)17-16-10(3)11(15-7)13(4,5)6/h8,16H,1-3H2,4-7H3,(H2,14,17). The minimum absolute atomic E-state index is 0.0986. The fraction of sp³-hybridized carbons (Fsp3) is 0.385. The Morgan fingerprint density at radius 1 is 1.29 bits per heavy atom. The third-order valence-corrected chi connectivity index (χ3v) is 2.11. The molecule has 0 heterocycles. The molecule has 0 aromatic heterocycles. The first-order valence-corrected chi connectivity index (χ1v) is 5.31. The molecule has 0 saturated heterocycles. The lowest BCUT2D eigenvalue weighted by Crippen LogP contribution is -2.29. The summed E-state index contributed by atoms with van der Waals surface area (Å²) in [5.41, 5.74) is 10.4. The molecular formula is C13H22N4. The van der Waals surface area contributed by atoms with E-state index in [2.05, 4.69) is 56.0 Å². The second-order valence-electron chi connectivity index (χ2n) is 4.64. The van der Waals surface area contributed by atoms with Gasteiger partial charge in [-0.2, -0.15) is 5.10 Å². The van der Waals surface area contributed by atoms with E-state index in [1.165, 1.54) is 0 Å².